The van der Waals surface area contributed by atoms with Gasteiger partial charge in [-0.15, -0.1) is 5.10 Å². The number of alkyl halides is 3. The Labute approximate surface area is 129 Å². The lowest BCUT2D eigenvalue weighted by Gasteiger charge is -2.40. The predicted octanol–water partition coefficient (Wildman–Crippen LogP) is 3.15. The SMILES string of the molecule is CSC1(CNc2cc(C)nc3nc(C(F)(F)F)nn23)CCC1. The molecule has 2 aromatic heterocycles. The summed E-state index contributed by atoms with van der Waals surface area (Å²) in [6.45, 7) is 2.41. The second kappa shape index (κ2) is 5.29. The highest BCUT2D eigenvalue weighted by molar-refractivity contribution is 8.00. The maximum absolute atomic E-state index is 12.8. The molecule has 0 aliphatic heterocycles. The number of rotatable bonds is 4. The number of aromatic nitrogens is 4. The lowest BCUT2D eigenvalue weighted by molar-refractivity contribution is -0.144. The summed E-state index contributed by atoms with van der Waals surface area (Å²) in [4.78, 5) is 7.49. The molecule has 3 rings (SSSR count). The molecule has 1 N–H and O–H groups in total. The van der Waals surface area contributed by atoms with Crippen LogP contribution >= 0.6 is 11.8 Å². The first kappa shape index (κ1) is 15.4. The highest BCUT2D eigenvalue weighted by Gasteiger charge is 2.38. The van der Waals surface area contributed by atoms with Gasteiger partial charge in [0, 0.05) is 23.1 Å². The lowest BCUT2D eigenvalue weighted by Crippen LogP contribution is -2.40. The minimum absolute atomic E-state index is 0.0402. The predicted molar refractivity (Wildman–Crippen MR) is 79.1 cm³/mol. The van der Waals surface area contributed by atoms with Crippen molar-refractivity contribution in [3.8, 4) is 0 Å². The molecular formula is C13H16F3N5S. The van der Waals surface area contributed by atoms with E-state index in [-0.39, 0.29) is 10.5 Å². The van der Waals surface area contributed by atoms with Gasteiger partial charge < -0.3 is 5.32 Å². The molecule has 0 atom stereocenters. The molecule has 1 aliphatic rings. The zero-order chi connectivity index (χ0) is 16.0. The maximum atomic E-state index is 12.8. The summed E-state index contributed by atoms with van der Waals surface area (Å²) in [7, 11) is 0. The number of hydrogen-bond acceptors (Lipinski definition) is 5. The Hall–Kier alpha value is -1.51. The Morgan fingerprint density at radius 1 is 1.36 bits per heavy atom. The van der Waals surface area contributed by atoms with Crippen molar-refractivity contribution in [3.63, 3.8) is 0 Å². The normalized spacial score (nSPS) is 17.5. The molecule has 22 heavy (non-hydrogen) atoms. The molecule has 0 spiro atoms. The summed E-state index contributed by atoms with van der Waals surface area (Å²) in [5.74, 6) is -0.718. The van der Waals surface area contributed by atoms with Gasteiger partial charge in [0.15, 0.2) is 0 Å². The van der Waals surface area contributed by atoms with Gasteiger partial charge in [-0.25, -0.2) is 4.98 Å². The minimum Gasteiger partial charge on any atom is -0.368 e. The van der Waals surface area contributed by atoms with E-state index < -0.39 is 12.0 Å². The molecule has 2 aromatic rings. The van der Waals surface area contributed by atoms with Gasteiger partial charge in [-0.05, 0) is 26.0 Å². The first-order valence-electron chi connectivity index (χ1n) is 6.94. The van der Waals surface area contributed by atoms with Gasteiger partial charge >= 0.3 is 6.18 Å². The summed E-state index contributed by atoms with van der Waals surface area (Å²) in [5.41, 5.74) is 0.600. The number of aryl methyl sites for hydroxylation is 1. The van der Waals surface area contributed by atoms with Crippen molar-refractivity contribution in [2.45, 2.75) is 37.1 Å². The van der Waals surface area contributed by atoms with Crippen LogP contribution in [-0.2, 0) is 6.18 Å². The zero-order valence-electron chi connectivity index (χ0n) is 12.2. The molecule has 0 radical (unpaired) electrons. The molecule has 1 aliphatic carbocycles. The molecule has 1 fully saturated rings. The van der Waals surface area contributed by atoms with Crippen molar-refractivity contribution in [3.05, 3.63) is 17.6 Å². The van der Waals surface area contributed by atoms with Crippen LogP contribution in [0.15, 0.2) is 6.07 Å². The van der Waals surface area contributed by atoms with E-state index in [1.165, 1.54) is 6.42 Å². The fourth-order valence-corrected chi connectivity index (χ4v) is 3.42. The Kier molecular flexibility index (Phi) is 3.70. The highest BCUT2D eigenvalue weighted by atomic mass is 32.2. The first-order chi connectivity index (χ1) is 10.3. The Morgan fingerprint density at radius 2 is 2.09 bits per heavy atom. The number of nitrogens with zero attached hydrogens (tertiary/aromatic N) is 4. The second-order valence-electron chi connectivity index (χ2n) is 5.52. The van der Waals surface area contributed by atoms with E-state index >= 15 is 0 Å². The lowest BCUT2D eigenvalue weighted by atomic mass is 9.84. The average Bonchev–Trinajstić information content (AvgIpc) is 2.81. The van der Waals surface area contributed by atoms with Crippen molar-refractivity contribution >= 4 is 23.4 Å². The van der Waals surface area contributed by atoms with Crippen LogP contribution in [0, 0.1) is 6.92 Å². The topological polar surface area (TPSA) is 55.1 Å². The van der Waals surface area contributed by atoms with Crippen molar-refractivity contribution in [1.29, 1.82) is 0 Å². The van der Waals surface area contributed by atoms with Crippen LogP contribution in [0.3, 0.4) is 0 Å². The molecular weight excluding hydrogens is 315 g/mol. The van der Waals surface area contributed by atoms with E-state index in [1.54, 1.807) is 24.8 Å². The third-order valence-electron chi connectivity index (χ3n) is 3.98. The smallest absolute Gasteiger partial charge is 0.368 e. The Morgan fingerprint density at radius 3 is 2.64 bits per heavy atom. The third kappa shape index (κ3) is 2.73. The van der Waals surface area contributed by atoms with Crippen molar-refractivity contribution < 1.29 is 13.2 Å². The van der Waals surface area contributed by atoms with E-state index in [2.05, 4.69) is 26.6 Å². The molecule has 0 amide bonds. The van der Waals surface area contributed by atoms with Crippen LogP contribution < -0.4 is 5.32 Å². The van der Waals surface area contributed by atoms with Crippen LogP contribution in [-0.4, -0.2) is 37.1 Å². The molecule has 5 nitrogen and oxygen atoms in total. The van der Waals surface area contributed by atoms with Crippen LogP contribution in [0.1, 0.15) is 30.8 Å². The van der Waals surface area contributed by atoms with Gasteiger partial charge in [-0.2, -0.15) is 34.4 Å². The van der Waals surface area contributed by atoms with Crippen molar-refractivity contribution in [2.75, 3.05) is 18.1 Å². The third-order valence-corrected chi connectivity index (χ3v) is 5.40. The summed E-state index contributed by atoms with van der Waals surface area (Å²) < 4.78 is 39.6. The molecule has 0 unspecified atom stereocenters. The molecule has 1 saturated carbocycles. The standard InChI is InChI=1S/C13H16F3N5S/c1-8-6-9(17-7-12(22-2)4-3-5-12)21-11(18-8)19-10(20-21)13(14,15)16/h6,17H,3-5,7H2,1-2H3. The van der Waals surface area contributed by atoms with E-state index in [1.807, 2.05) is 0 Å². The summed E-state index contributed by atoms with van der Waals surface area (Å²) in [6, 6.07) is 1.69. The van der Waals surface area contributed by atoms with Gasteiger partial charge in [0.1, 0.15) is 5.82 Å². The molecule has 0 bridgehead atoms. The zero-order valence-corrected chi connectivity index (χ0v) is 13.1. The fraction of sp³-hybridized carbons (Fsp3) is 0.615. The van der Waals surface area contributed by atoms with Gasteiger partial charge in [0.25, 0.3) is 11.6 Å². The first-order valence-corrected chi connectivity index (χ1v) is 8.16. The van der Waals surface area contributed by atoms with Crippen molar-refractivity contribution in [2.24, 2.45) is 0 Å². The highest BCUT2D eigenvalue weighted by Crippen LogP contribution is 2.42. The van der Waals surface area contributed by atoms with Gasteiger partial charge in [0.2, 0.25) is 0 Å². The number of halogens is 3. The molecule has 9 heteroatoms. The number of hydrogen-bond donors (Lipinski definition) is 1. The maximum Gasteiger partial charge on any atom is 0.453 e. The van der Waals surface area contributed by atoms with Gasteiger partial charge in [-0.1, -0.05) is 6.42 Å². The monoisotopic (exact) mass is 331 g/mol. The fourth-order valence-electron chi connectivity index (χ4n) is 2.51. The Bertz CT molecular complexity index is 687. The van der Waals surface area contributed by atoms with E-state index in [0.29, 0.717) is 18.1 Å². The van der Waals surface area contributed by atoms with Crippen molar-refractivity contribution in [1.82, 2.24) is 19.6 Å². The average molecular weight is 331 g/mol. The number of anilines is 1. The summed E-state index contributed by atoms with van der Waals surface area (Å²) in [5, 5.41) is 6.76. The molecule has 0 aromatic carbocycles. The van der Waals surface area contributed by atoms with E-state index in [0.717, 1.165) is 17.4 Å². The number of fused-ring (bicyclic) bond motifs is 1. The summed E-state index contributed by atoms with van der Waals surface area (Å²) in [6.07, 6.45) is 0.896. The molecule has 2 heterocycles. The second-order valence-corrected chi connectivity index (χ2v) is 6.80. The molecule has 0 saturated heterocycles. The van der Waals surface area contributed by atoms with Crippen LogP contribution in [0.4, 0.5) is 19.0 Å². The van der Waals surface area contributed by atoms with Crippen LogP contribution in [0.5, 0.6) is 0 Å². The minimum atomic E-state index is -4.58. The summed E-state index contributed by atoms with van der Waals surface area (Å²) >= 11 is 1.79. The molecule has 120 valence electrons. The quantitative estimate of drug-likeness (QED) is 0.933. The largest absolute Gasteiger partial charge is 0.453 e. The van der Waals surface area contributed by atoms with Crippen LogP contribution in [0.25, 0.3) is 5.78 Å². The van der Waals surface area contributed by atoms with Crippen LogP contribution in [0.2, 0.25) is 0 Å². The van der Waals surface area contributed by atoms with Gasteiger partial charge in [-0.3, -0.25) is 0 Å². The number of thioether (sulfide) groups is 1. The Balaban J connectivity index is 1.92. The van der Waals surface area contributed by atoms with E-state index in [9.17, 15) is 13.2 Å². The van der Waals surface area contributed by atoms with Gasteiger partial charge in [0.05, 0.1) is 0 Å². The van der Waals surface area contributed by atoms with E-state index in [4.69, 9.17) is 0 Å². The number of nitrogens with one attached hydrogen (secondary N) is 1.